The zero-order valence-electron chi connectivity index (χ0n) is 8.27. The third-order valence-electron chi connectivity index (χ3n) is 1.98. The van der Waals surface area contributed by atoms with Gasteiger partial charge in [0.25, 0.3) is 0 Å². The second-order valence-electron chi connectivity index (χ2n) is 3.05. The summed E-state index contributed by atoms with van der Waals surface area (Å²) in [6.07, 6.45) is 7.25. The van der Waals surface area contributed by atoms with Gasteiger partial charge < -0.3 is 4.74 Å². The Bertz CT molecular complexity index is 280. The van der Waals surface area contributed by atoms with Gasteiger partial charge >= 0.3 is 5.97 Å². The van der Waals surface area contributed by atoms with E-state index in [0.717, 1.165) is 0 Å². The lowest BCUT2D eigenvalue weighted by Crippen LogP contribution is -2.20. The van der Waals surface area contributed by atoms with Gasteiger partial charge in [-0.1, -0.05) is 12.2 Å². The molecule has 0 bridgehead atoms. The number of amides is 1. The van der Waals surface area contributed by atoms with Gasteiger partial charge in [-0.25, -0.2) is 0 Å². The molecule has 0 saturated carbocycles. The van der Waals surface area contributed by atoms with Crippen LogP contribution in [0.15, 0.2) is 24.6 Å². The molecule has 14 heavy (non-hydrogen) atoms. The Morgan fingerprint density at radius 1 is 1.36 bits per heavy atom. The highest BCUT2D eigenvalue weighted by molar-refractivity contribution is 5.76. The molecule has 0 aromatic heterocycles. The Labute approximate surface area is 82.8 Å². The average Bonchev–Trinajstić information content (AvgIpc) is 2.18. The number of carbonyl (C=O) groups excluding carboxylic acids is 2. The van der Waals surface area contributed by atoms with Gasteiger partial charge in [-0.3, -0.25) is 14.5 Å². The molecule has 0 aliphatic carbocycles. The fourth-order valence-corrected chi connectivity index (χ4v) is 1.14. The van der Waals surface area contributed by atoms with Crippen LogP contribution < -0.4 is 0 Å². The normalized spacial score (nSPS) is 15.7. The molecule has 0 N–H and O–H groups in total. The molecule has 4 nitrogen and oxygen atoms in total. The minimum Gasteiger partial charge on any atom is -0.469 e. The van der Waals surface area contributed by atoms with Crippen molar-refractivity contribution in [1.82, 2.24) is 4.90 Å². The second-order valence-corrected chi connectivity index (χ2v) is 3.05. The van der Waals surface area contributed by atoms with Crippen LogP contribution in [0.25, 0.3) is 0 Å². The minimum atomic E-state index is -0.249. The summed E-state index contributed by atoms with van der Waals surface area (Å²) in [7, 11) is 1.36. The van der Waals surface area contributed by atoms with E-state index in [4.69, 9.17) is 0 Å². The van der Waals surface area contributed by atoms with Crippen LogP contribution in [0, 0.1) is 5.92 Å². The number of nitrogens with zero attached hydrogens (tertiary/aromatic N) is 1. The van der Waals surface area contributed by atoms with Gasteiger partial charge in [0.1, 0.15) is 0 Å². The number of rotatable bonds is 2. The van der Waals surface area contributed by atoms with Gasteiger partial charge in [0.05, 0.1) is 13.5 Å². The Hall–Kier alpha value is -1.58. The summed E-state index contributed by atoms with van der Waals surface area (Å²) in [6, 6.07) is 0. The van der Waals surface area contributed by atoms with Crippen molar-refractivity contribution in [1.29, 1.82) is 0 Å². The van der Waals surface area contributed by atoms with Crippen LogP contribution >= 0.6 is 0 Å². The molecule has 1 aliphatic heterocycles. The first-order valence-corrected chi connectivity index (χ1v) is 4.36. The third-order valence-corrected chi connectivity index (χ3v) is 1.98. The Morgan fingerprint density at radius 3 is 2.36 bits per heavy atom. The zero-order valence-corrected chi connectivity index (χ0v) is 8.27. The smallest absolute Gasteiger partial charge is 0.306 e. The number of hydrogen-bond donors (Lipinski definition) is 0. The average molecular weight is 195 g/mol. The lowest BCUT2D eigenvalue weighted by atomic mass is 10.0. The van der Waals surface area contributed by atoms with E-state index < -0.39 is 0 Å². The summed E-state index contributed by atoms with van der Waals surface area (Å²) in [4.78, 5) is 23.3. The highest BCUT2D eigenvalue weighted by Crippen LogP contribution is 2.14. The maximum absolute atomic E-state index is 10.9. The molecule has 1 amide bonds. The summed E-state index contributed by atoms with van der Waals surface area (Å²) in [5.41, 5.74) is 0. The number of carbonyl (C=O) groups is 2. The van der Waals surface area contributed by atoms with Crippen molar-refractivity contribution in [3.05, 3.63) is 24.6 Å². The van der Waals surface area contributed by atoms with Crippen LogP contribution in [0.3, 0.4) is 0 Å². The first-order chi connectivity index (χ1) is 6.63. The van der Waals surface area contributed by atoms with Crippen LogP contribution in [-0.2, 0) is 14.3 Å². The standard InChI is InChI=1S/C10H13NO3/c1-8(12)11-5-3-9(4-6-11)7-10(13)14-2/h3-6,9H,7H2,1-2H3. The topological polar surface area (TPSA) is 46.6 Å². The number of hydrogen-bond acceptors (Lipinski definition) is 3. The van der Waals surface area contributed by atoms with Crippen LogP contribution in [-0.4, -0.2) is 23.9 Å². The molecule has 4 heteroatoms. The lowest BCUT2D eigenvalue weighted by Gasteiger charge is -2.17. The van der Waals surface area contributed by atoms with Crippen molar-refractivity contribution in [2.24, 2.45) is 5.92 Å². The fourth-order valence-electron chi connectivity index (χ4n) is 1.14. The molecule has 0 aromatic rings. The molecule has 76 valence electrons. The summed E-state index contributed by atoms with van der Waals surface area (Å²) in [5.74, 6) is -0.271. The largest absolute Gasteiger partial charge is 0.469 e. The molecule has 1 heterocycles. The van der Waals surface area contributed by atoms with Crippen LogP contribution in [0.5, 0.6) is 0 Å². The van der Waals surface area contributed by atoms with Crippen molar-refractivity contribution >= 4 is 11.9 Å². The summed E-state index contributed by atoms with van der Waals surface area (Å²) in [6.45, 7) is 1.48. The zero-order chi connectivity index (χ0) is 10.6. The molecule has 0 atom stereocenters. The fraction of sp³-hybridized carbons (Fsp3) is 0.400. The van der Waals surface area contributed by atoms with Crippen LogP contribution in [0.1, 0.15) is 13.3 Å². The molecule has 1 aliphatic rings. The van der Waals surface area contributed by atoms with Crippen molar-refractivity contribution in [2.45, 2.75) is 13.3 Å². The first-order valence-electron chi connectivity index (χ1n) is 4.36. The van der Waals surface area contributed by atoms with Crippen molar-refractivity contribution in [3.8, 4) is 0 Å². The van der Waals surface area contributed by atoms with Gasteiger partial charge in [-0.2, -0.15) is 0 Å². The van der Waals surface area contributed by atoms with Gasteiger partial charge in [-0.05, 0) is 0 Å². The van der Waals surface area contributed by atoms with Crippen LogP contribution in [0.4, 0.5) is 0 Å². The van der Waals surface area contributed by atoms with Crippen molar-refractivity contribution < 1.29 is 14.3 Å². The first kappa shape index (κ1) is 10.5. The van der Waals surface area contributed by atoms with E-state index >= 15 is 0 Å². The maximum Gasteiger partial charge on any atom is 0.306 e. The molecule has 0 spiro atoms. The van der Waals surface area contributed by atoms with E-state index in [-0.39, 0.29) is 17.8 Å². The SMILES string of the molecule is COC(=O)CC1C=CN(C(C)=O)C=C1. The molecule has 1 rings (SSSR count). The molecule has 0 saturated heterocycles. The van der Waals surface area contributed by atoms with E-state index in [1.807, 2.05) is 0 Å². The second kappa shape index (κ2) is 4.60. The Morgan fingerprint density at radius 2 is 1.93 bits per heavy atom. The Kier molecular flexibility index (Phi) is 3.45. The van der Waals surface area contributed by atoms with Gasteiger partial charge in [0, 0.05) is 25.2 Å². The highest BCUT2D eigenvalue weighted by Gasteiger charge is 2.13. The monoisotopic (exact) mass is 195 g/mol. The van der Waals surface area contributed by atoms with E-state index in [1.165, 1.54) is 18.9 Å². The molecule has 0 aromatic carbocycles. The minimum absolute atomic E-state index is 0.0260. The quantitative estimate of drug-likeness (QED) is 0.619. The predicted molar refractivity (Wildman–Crippen MR) is 50.9 cm³/mol. The number of ether oxygens (including phenoxy) is 1. The van der Waals surface area contributed by atoms with E-state index in [9.17, 15) is 9.59 Å². The Balaban J connectivity index is 2.49. The highest BCUT2D eigenvalue weighted by atomic mass is 16.5. The van der Waals surface area contributed by atoms with Crippen LogP contribution in [0.2, 0.25) is 0 Å². The molecule has 0 fully saturated rings. The van der Waals surface area contributed by atoms with Crippen molar-refractivity contribution in [3.63, 3.8) is 0 Å². The number of allylic oxidation sites excluding steroid dienone is 2. The van der Waals surface area contributed by atoms with E-state index in [1.54, 1.807) is 24.6 Å². The maximum atomic E-state index is 10.9. The van der Waals surface area contributed by atoms with E-state index in [0.29, 0.717) is 6.42 Å². The van der Waals surface area contributed by atoms with Gasteiger partial charge in [-0.15, -0.1) is 0 Å². The lowest BCUT2D eigenvalue weighted by molar-refractivity contribution is -0.141. The number of esters is 1. The van der Waals surface area contributed by atoms with Gasteiger partial charge in [0.2, 0.25) is 5.91 Å². The summed E-state index contributed by atoms with van der Waals surface area (Å²) < 4.78 is 4.54. The van der Waals surface area contributed by atoms with Crippen molar-refractivity contribution in [2.75, 3.05) is 7.11 Å². The molecular weight excluding hydrogens is 182 g/mol. The third kappa shape index (κ3) is 2.73. The molecule has 0 unspecified atom stereocenters. The molecule has 0 radical (unpaired) electrons. The summed E-state index contributed by atoms with van der Waals surface area (Å²) in [5, 5.41) is 0. The number of methoxy groups -OCH3 is 1. The summed E-state index contributed by atoms with van der Waals surface area (Å²) >= 11 is 0. The van der Waals surface area contributed by atoms with E-state index in [2.05, 4.69) is 4.74 Å². The molecular formula is C10H13NO3. The predicted octanol–water partition coefficient (Wildman–Crippen LogP) is 1.06. The van der Waals surface area contributed by atoms with Gasteiger partial charge in [0.15, 0.2) is 0 Å².